The normalized spacial score (nSPS) is 11.4. The van der Waals surface area contributed by atoms with E-state index < -0.39 is 0 Å². The van der Waals surface area contributed by atoms with Gasteiger partial charge in [-0.05, 0) is 60.7 Å². The summed E-state index contributed by atoms with van der Waals surface area (Å²) in [5.74, 6) is 0.640. The number of rotatable bonds is 8. The fourth-order valence-corrected chi connectivity index (χ4v) is 3.00. The number of amides is 1. The minimum absolute atomic E-state index is 0.210. The summed E-state index contributed by atoms with van der Waals surface area (Å²) in [7, 11) is 0. The van der Waals surface area contributed by atoms with Crippen molar-refractivity contribution in [1.82, 2.24) is 10.5 Å². The molecule has 0 saturated carbocycles. The van der Waals surface area contributed by atoms with Crippen LogP contribution in [0.2, 0.25) is 5.02 Å². The molecule has 0 unspecified atom stereocenters. The molecule has 2 aromatic heterocycles. The van der Waals surface area contributed by atoms with Gasteiger partial charge < -0.3 is 14.3 Å². The lowest BCUT2D eigenvalue weighted by Crippen LogP contribution is -2.24. The van der Waals surface area contributed by atoms with Gasteiger partial charge in [-0.15, -0.1) is 6.58 Å². The molecule has 0 aliphatic carbocycles. The predicted octanol–water partition coefficient (Wildman–Crippen LogP) is 5.68. The second kappa shape index (κ2) is 9.24. The van der Waals surface area contributed by atoms with Crippen molar-refractivity contribution in [3.05, 3.63) is 83.2 Å². The molecule has 1 amide bonds. The van der Waals surface area contributed by atoms with E-state index in [1.165, 1.54) is 6.26 Å². The van der Waals surface area contributed by atoms with E-state index in [1.54, 1.807) is 18.2 Å². The molecule has 3 rings (SSSR count). The summed E-state index contributed by atoms with van der Waals surface area (Å²) in [6.45, 7) is 6.27. The fraction of sp³-hybridized carbons (Fsp3) is 0.182. The molecule has 3 aromatic rings. The maximum atomic E-state index is 12.4. The summed E-state index contributed by atoms with van der Waals surface area (Å²) < 4.78 is 10.4. The Hall–Kier alpha value is -3.05. The molecule has 1 aromatic carbocycles. The van der Waals surface area contributed by atoms with Gasteiger partial charge in [0, 0.05) is 17.6 Å². The van der Waals surface area contributed by atoms with Crippen molar-refractivity contribution >= 4 is 23.1 Å². The number of nitrogens with zero attached hydrogens (tertiary/aromatic N) is 1. The number of aromatic nitrogens is 1. The van der Waals surface area contributed by atoms with Crippen LogP contribution >= 0.6 is 11.6 Å². The van der Waals surface area contributed by atoms with Crippen LogP contribution in [0.5, 0.6) is 0 Å². The Bertz CT molecular complexity index is 987. The average Bonchev–Trinajstić information content (AvgIpc) is 3.38. The third-order valence-electron chi connectivity index (χ3n) is 4.26. The Balaban J connectivity index is 1.65. The van der Waals surface area contributed by atoms with Crippen molar-refractivity contribution in [2.24, 2.45) is 0 Å². The Labute approximate surface area is 168 Å². The molecular formula is C22H21ClN2O3. The smallest absolute Gasteiger partial charge is 0.273 e. The first kappa shape index (κ1) is 19.7. The van der Waals surface area contributed by atoms with Crippen LogP contribution in [0.1, 0.15) is 34.5 Å². The number of carbonyl (C=O) groups excluding carboxylic acids is 1. The summed E-state index contributed by atoms with van der Waals surface area (Å²) in [6.07, 6.45) is 6.87. The first-order chi connectivity index (χ1) is 13.6. The summed E-state index contributed by atoms with van der Waals surface area (Å²) in [4.78, 5) is 12.4. The van der Waals surface area contributed by atoms with E-state index in [4.69, 9.17) is 20.5 Å². The molecule has 0 bridgehead atoms. The number of hydrogen-bond acceptors (Lipinski definition) is 4. The van der Waals surface area contributed by atoms with Crippen LogP contribution in [0.4, 0.5) is 0 Å². The predicted molar refractivity (Wildman–Crippen MR) is 110 cm³/mol. The van der Waals surface area contributed by atoms with E-state index in [-0.39, 0.29) is 11.6 Å². The Kier molecular flexibility index (Phi) is 6.50. The van der Waals surface area contributed by atoms with E-state index in [9.17, 15) is 4.79 Å². The van der Waals surface area contributed by atoms with Gasteiger partial charge in [0.15, 0.2) is 11.5 Å². The topological polar surface area (TPSA) is 68.3 Å². The monoisotopic (exact) mass is 396 g/mol. The number of halogens is 1. The van der Waals surface area contributed by atoms with E-state index in [2.05, 4.69) is 23.1 Å². The van der Waals surface area contributed by atoms with E-state index in [1.807, 2.05) is 31.2 Å². The van der Waals surface area contributed by atoms with Crippen LogP contribution in [0.3, 0.4) is 0 Å². The molecular weight excluding hydrogens is 376 g/mol. The lowest BCUT2D eigenvalue weighted by Gasteiger charge is -2.12. The van der Waals surface area contributed by atoms with Crippen molar-refractivity contribution in [1.29, 1.82) is 0 Å². The first-order valence-electron chi connectivity index (χ1n) is 8.93. The van der Waals surface area contributed by atoms with Gasteiger partial charge in [-0.3, -0.25) is 4.79 Å². The molecule has 0 aliphatic rings. The molecule has 0 atom stereocenters. The van der Waals surface area contributed by atoms with Crippen LogP contribution in [0, 0.1) is 6.92 Å². The maximum absolute atomic E-state index is 12.4. The van der Waals surface area contributed by atoms with E-state index in [0.29, 0.717) is 29.5 Å². The number of carbonyl (C=O) groups is 1. The van der Waals surface area contributed by atoms with Crippen LogP contribution in [-0.4, -0.2) is 17.6 Å². The fourth-order valence-electron chi connectivity index (χ4n) is 2.83. The molecule has 5 nitrogen and oxygen atoms in total. The van der Waals surface area contributed by atoms with Crippen molar-refractivity contribution in [3.8, 4) is 11.5 Å². The highest BCUT2D eigenvalue weighted by Gasteiger charge is 2.15. The van der Waals surface area contributed by atoms with Crippen molar-refractivity contribution < 1.29 is 13.7 Å². The SMILES string of the molecule is C=CC/C=C(/CCNC(=O)c1cc(-c2ccco2)on1)c1cc(Cl)ccc1C. The minimum Gasteiger partial charge on any atom is -0.461 e. The minimum atomic E-state index is -0.299. The first-order valence-corrected chi connectivity index (χ1v) is 9.31. The molecule has 0 fully saturated rings. The zero-order valence-corrected chi connectivity index (χ0v) is 16.3. The van der Waals surface area contributed by atoms with Gasteiger partial charge in [0.05, 0.1) is 6.26 Å². The summed E-state index contributed by atoms with van der Waals surface area (Å²) in [6, 6.07) is 10.8. The standard InChI is InChI=1S/C22H21ClN2O3/c1-3-4-6-16(18-13-17(23)9-8-15(18)2)10-11-24-22(26)19-14-21(28-25-19)20-7-5-12-27-20/h3,5-9,12-14H,1,4,10-11H2,2H3,(H,24,26)/b16-6-. The van der Waals surface area contributed by atoms with Crippen LogP contribution < -0.4 is 5.32 Å². The third-order valence-corrected chi connectivity index (χ3v) is 4.50. The highest BCUT2D eigenvalue weighted by molar-refractivity contribution is 6.30. The maximum Gasteiger partial charge on any atom is 0.273 e. The summed E-state index contributed by atoms with van der Waals surface area (Å²) in [5.41, 5.74) is 3.52. The quantitative estimate of drug-likeness (QED) is 0.497. The molecule has 0 spiro atoms. The second-order valence-electron chi connectivity index (χ2n) is 6.27. The second-order valence-corrected chi connectivity index (χ2v) is 6.71. The van der Waals surface area contributed by atoms with Crippen LogP contribution in [-0.2, 0) is 0 Å². The molecule has 0 aliphatic heterocycles. The van der Waals surface area contributed by atoms with Crippen molar-refractivity contribution in [2.45, 2.75) is 19.8 Å². The lowest BCUT2D eigenvalue weighted by atomic mass is 9.97. The third kappa shape index (κ3) is 4.81. The highest BCUT2D eigenvalue weighted by Crippen LogP contribution is 2.26. The molecule has 6 heteroatoms. The van der Waals surface area contributed by atoms with Gasteiger partial charge in [0.1, 0.15) is 0 Å². The van der Waals surface area contributed by atoms with Gasteiger partial charge in [0.25, 0.3) is 5.91 Å². The van der Waals surface area contributed by atoms with Gasteiger partial charge >= 0.3 is 0 Å². The van der Waals surface area contributed by atoms with Crippen molar-refractivity contribution in [3.63, 3.8) is 0 Å². The van der Waals surface area contributed by atoms with Crippen LogP contribution in [0.15, 0.2) is 70.3 Å². The number of hydrogen-bond donors (Lipinski definition) is 1. The molecule has 0 radical (unpaired) electrons. The summed E-state index contributed by atoms with van der Waals surface area (Å²) >= 11 is 6.16. The number of aryl methyl sites for hydroxylation is 1. The Morgan fingerprint density at radius 2 is 2.14 bits per heavy atom. The Morgan fingerprint density at radius 3 is 2.89 bits per heavy atom. The van der Waals surface area contributed by atoms with E-state index in [0.717, 1.165) is 23.1 Å². The van der Waals surface area contributed by atoms with Gasteiger partial charge in [-0.2, -0.15) is 0 Å². The molecule has 2 heterocycles. The summed E-state index contributed by atoms with van der Waals surface area (Å²) in [5, 5.41) is 7.37. The lowest BCUT2D eigenvalue weighted by molar-refractivity contribution is 0.0945. The molecule has 0 saturated heterocycles. The average molecular weight is 397 g/mol. The van der Waals surface area contributed by atoms with Gasteiger partial charge in [-0.1, -0.05) is 35.0 Å². The van der Waals surface area contributed by atoms with Gasteiger partial charge in [0.2, 0.25) is 5.76 Å². The highest BCUT2D eigenvalue weighted by atomic mass is 35.5. The number of benzene rings is 1. The number of allylic oxidation sites excluding steroid dienone is 2. The number of furan rings is 1. The van der Waals surface area contributed by atoms with Crippen LogP contribution in [0.25, 0.3) is 17.1 Å². The molecule has 144 valence electrons. The zero-order valence-electron chi connectivity index (χ0n) is 15.6. The van der Waals surface area contributed by atoms with Gasteiger partial charge in [-0.25, -0.2) is 0 Å². The van der Waals surface area contributed by atoms with Crippen molar-refractivity contribution in [2.75, 3.05) is 6.54 Å². The Morgan fingerprint density at radius 1 is 1.29 bits per heavy atom. The molecule has 1 N–H and O–H groups in total. The largest absolute Gasteiger partial charge is 0.461 e. The zero-order chi connectivity index (χ0) is 19.9. The number of nitrogens with one attached hydrogen (secondary N) is 1. The van der Waals surface area contributed by atoms with E-state index >= 15 is 0 Å². The molecule has 28 heavy (non-hydrogen) atoms.